The molecule has 0 unspecified atom stereocenters. The Morgan fingerprint density at radius 2 is 1.86 bits per heavy atom. The van der Waals surface area contributed by atoms with Gasteiger partial charge >= 0.3 is 0 Å². The second-order valence-corrected chi connectivity index (χ2v) is 7.19. The largest absolute Gasteiger partial charge is 0.490 e. The molecule has 1 fully saturated rings. The number of hydrogen-bond donors (Lipinski definition) is 2. The first-order chi connectivity index (χ1) is 14.3. The number of imidazole rings is 1. The SMILES string of the molecule is O=C(NCc1ccncc1)c1ccc(OC2CCN(Cc3ncc[nH]3)CC2)cc1. The van der Waals surface area contributed by atoms with Gasteiger partial charge in [0.25, 0.3) is 5.91 Å². The molecular weight excluding hydrogens is 366 g/mol. The summed E-state index contributed by atoms with van der Waals surface area (Å²) in [5.74, 6) is 1.71. The zero-order valence-electron chi connectivity index (χ0n) is 16.3. The molecule has 150 valence electrons. The molecule has 0 radical (unpaired) electrons. The summed E-state index contributed by atoms with van der Waals surface area (Å²) in [5.41, 5.74) is 1.64. The lowest BCUT2D eigenvalue weighted by Gasteiger charge is -2.31. The van der Waals surface area contributed by atoms with Crippen molar-refractivity contribution in [2.75, 3.05) is 13.1 Å². The summed E-state index contributed by atoms with van der Waals surface area (Å²) in [6.07, 6.45) is 9.24. The normalized spacial score (nSPS) is 15.2. The number of rotatable bonds is 7. The second kappa shape index (κ2) is 9.34. The third-order valence-corrected chi connectivity index (χ3v) is 5.08. The maximum atomic E-state index is 12.3. The van der Waals surface area contributed by atoms with Gasteiger partial charge in [0, 0.05) is 50.0 Å². The average molecular weight is 391 g/mol. The number of piperidine rings is 1. The summed E-state index contributed by atoms with van der Waals surface area (Å²) in [6.45, 7) is 3.31. The minimum Gasteiger partial charge on any atom is -0.490 e. The number of H-pyrrole nitrogens is 1. The topological polar surface area (TPSA) is 83.1 Å². The Balaban J connectivity index is 1.23. The van der Waals surface area contributed by atoms with Crippen LogP contribution in [0.5, 0.6) is 5.75 Å². The van der Waals surface area contributed by atoms with E-state index in [1.165, 1.54) is 0 Å². The van der Waals surface area contributed by atoms with Crippen LogP contribution >= 0.6 is 0 Å². The molecule has 3 heterocycles. The number of carbonyl (C=O) groups excluding carboxylic acids is 1. The molecule has 7 heteroatoms. The van der Waals surface area contributed by atoms with Gasteiger partial charge in [-0.2, -0.15) is 0 Å². The Morgan fingerprint density at radius 1 is 1.10 bits per heavy atom. The molecule has 0 bridgehead atoms. The van der Waals surface area contributed by atoms with E-state index in [4.69, 9.17) is 4.74 Å². The molecule has 1 aliphatic heterocycles. The molecular formula is C22H25N5O2. The van der Waals surface area contributed by atoms with Crippen LogP contribution in [0.2, 0.25) is 0 Å². The maximum Gasteiger partial charge on any atom is 0.251 e. The van der Waals surface area contributed by atoms with Crippen molar-refractivity contribution in [3.63, 3.8) is 0 Å². The number of ether oxygens (including phenoxy) is 1. The first-order valence-electron chi connectivity index (χ1n) is 9.91. The zero-order valence-corrected chi connectivity index (χ0v) is 16.3. The van der Waals surface area contributed by atoms with Crippen LogP contribution < -0.4 is 10.1 Å². The summed E-state index contributed by atoms with van der Waals surface area (Å²) in [5, 5.41) is 2.92. The Bertz CT molecular complexity index is 889. The molecule has 7 nitrogen and oxygen atoms in total. The number of aromatic amines is 1. The minimum atomic E-state index is -0.0976. The average Bonchev–Trinajstić information content (AvgIpc) is 3.28. The van der Waals surface area contributed by atoms with Crippen molar-refractivity contribution in [2.24, 2.45) is 0 Å². The number of nitrogens with zero attached hydrogens (tertiary/aromatic N) is 3. The highest BCUT2D eigenvalue weighted by Gasteiger charge is 2.21. The van der Waals surface area contributed by atoms with Crippen LogP contribution in [0.4, 0.5) is 0 Å². The number of carbonyl (C=O) groups is 1. The van der Waals surface area contributed by atoms with Gasteiger partial charge in [0.15, 0.2) is 0 Å². The van der Waals surface area contributed by atoms with Crippen molar-refractivity contribution in [3.8, 4) is 5.75 Å². The van der Waals surface area contributed by atoms with Gasteiger partial charge in [0.05, 0.1) is 6.54 Å². The van der Waals surface area contributed by atoms with Gasteiger partial charge in [-0.1, -0.05) is 0 Å². The highest BCUT2D eigenvalue weighted by molar-refractivity contribution is 5.94. The van der Waals surface area contributed by atoms with E-state index < -0.39 is 0 Å². The van der Waals surface area contributed by atoms with Crippen LogP contribution in [0, 0.1) is 0 Å². The minimum absolute atomic E-state index is 0.0976. The molecule has 3 aromatic rings. The first kappa shape index (κ1) is 19.1. The van der Waals surface area contributed by atoms with Gasteiger partial charge in [-0.15, -0.1) is 0 Å². The van der Waals surface area contributed by atoms with Crippen LogP contribution in [0.1, 0.15) is 34.6 Å². The fourth-order valence-electron chi connectivity index (χ4n) is 3.44. The number of likely N-dealkylation sites (tertiary alicyclic amines) is 1. The van der Waals surface area contributed by atoms with Gasteiger partial charge in [-0.05, 0) is 54.8 Å². The number of amides is 1. The molecule has 1 amide bonds. The van der Waals surface area contributed by atoms with E-state index in [9.17, 15) is 4.79 Å². The molecule has 0 spiro atoms. The number of benzene rings is 1. The van der Waals surface area contributed by atoms with Crippen molar-refractivity contribution in [3.05, 3.63) is 78.1 Å². The lowest BCUT2D eigenvalue weighted by molar-refractivity contribution is 0.0945. The monoisotopic (exact) mass is 391 g/mol. The third kappa shape index (κ3) is 5.42. The van der Waals surface area contributed by atoms with Crippen molar-refractivity contribution in [2.45, 2.75) is 32.0 Å². The third-order valence-electron chi connectivity index (χ3n) is 5.08. The maximum absolute atomic E-state index is 12.3. The van der Waals surface area contributed by atoms with E-state index in [0.717, 1.165) is 49.6 Å². The Kier molecular flexibility index (Phi) is 6.16. The summed E-state index contributed by atoms with van der Waals surface area (Å²) >= 11 is 0. The van der Waals surface area contributed by atoms with E-state index >= 15 is 0 Å². The Morgan fingerprint density at radius 3 is 2.55 bits per heavy atom. The number of hydrogen-bond acceptors (Lipinski definition) is 5. The predicted octanol–water partition coefficient (Wildman–Crippen LogP) is 2.78. The second-order valence-electron chi connectivity index (χ2n) is 7.19. The lowest BCUT2D eigenvalue weighted by atomic mass is 10.1. The van der Waals surface area contributed by atoms with Crippen LogP contribution in [-0.2, 0) is 13.1 Å². The number of aromatic nitrogens is 3. The Hall–Kier alpha value is -3.19. The van der Waals surface area contributed by atoms with Crippen LogP contribution in [0.15, 0.2) is 61.2 Å². The molecule has 0 aliphatic carbocycles. The highest BCUT2D eigenvalue weighted by atomic mass is 16.5. The van der Waals surface area contributed by atoms with Gasteiger partial charge in [-0.3, -0.25) is 14.7 Å². The van der Waals surface area contributed by atoms with E-state index in [-0.39, 0.29) is 12.0 Å². The van der Waals surface area contributed by atoms with Gasteiger partial charge in [-0.25, -0.2) is 4.98 Å². The van der Waals surface area contributed by atoms with Crippen molar-refractivity contribution >= 4 is 5.91 Å². The zero-order chi connectivity index (χ0) is 19.9. The smallest absolute Gasteiger partial charge is 0.251 e. The summed E-state index contributed by atoms with van der Waals surface area (Å²) < 4.78 is 6.11. The molecule has 1 saturated heterocycles. The van der Waals surface area contributed by atoms with Crippen molar-refractivity contribution < 1.29 is 9.53 Å². The molecule has 0 atom stereocenters. The molecule has 2 N–H and O–H groups in total. The van der Waals surface area contributed by atoms with E-state index in [1.54, 1.807) is 18.6 Å². The number of nitrogens with one attached hydrogen (secondary N) is 2. The van der Waals surface area contributed by atoms with Crippen LogP contribution in [0.3, 0.4) is 0 Å². The molecule has 1 aromatic carbocycles. The van der Waals surface area contributed by atoms with E-state index in [0.29, 0.717) is 12.1 Å². The fraction of sp³-hybridized carbons (Fsp3) is 0.318. The van der Waals surface area contributed by atoms with E-state index in [2.05, 4.69) is 25.2 Å². The van der Waals surface area contributed by atoms with Gasteiger partial charge in [0.2, 0.25) is 0 Å². The van der Waals surface area contributed by atoms with Crippen LogP contribution in [-0.4, -0.2) is 45.0 Å². The predicted molar refractivity (Wildman–Crippen MR) is 109 cm³/mol. The summed E-state index contributed by atoms with van der Waals surface area (Å²) in [6, 6.07) is 11.1. The molecule has 1 aliphatic rings. The van der Waals surface area contributed by atoms with Gasteiger partial charge in [0.1, 0.15) is 17.7 Å². The molecule has 29 heavy (non-hydrogen) atoms. The highest BCUT2D eigenvalue weighted by Crippen LogP contribution is 2.20. The standard InChI is InChI=1S/C22H25N5O2/c28-22(26-15-17-5-9-23-10-6-17)18-1-3-19(4-2-18)29-20-7-13-27(14-8-20)16-21-24-11-12-25-21/h1-6,9-12,20H,7-8,13-16H2,(H,24,25)(H,26,28). The molecule has 2 aromatic heterocycles. The molecule has 0 saturated carbocycles. The summed E-state index contributed by atoms with van der Waals surface area (Å²) in [7, 11) is 0. The van der Waals surface area contributed by atoms with Crippen molar-refractivity contribution in [1.82, 2.24) is 25.2 Å². The van der Waals surface area contributed by atoms with Crippen LogP contribution in [0.25, 0.3) is 0 Å². The molecule has 4 rings (SSSR count). The van der Waals surface area contributed by atoms with E-state index in [1.807, 2.05) is 42.6 Å². The van der Waals surface area contributed by atoms with Gasteiger partial charge < -0.3 is 15.0 Å². The first-order valence-corrected chi connectivity index (χ1v) is 9.91. The van der Waals surface area contributed by atoms with Crippen molar-refractivity contribution in [1.29, 1.82) is 0 Å². The summed E-state index contributed by atoms with van der Waals surface area (Å²) in [4.78, 5) is 26.1. The number of pyridine rings is 1. The lowest BCUT2D eigenvalue weighted by Crippen LogP contribution is -2.38. The Labute approximate surface area is 170 Å². The fourth-order valence-corrected chi connectivity index (χ4v) is 3.44. The quantitative estimate of drug-likeness (QED) is 0.647.